The van der Waals surface area contributed by atoms with Crippen LogP contribution in [-0.2, 0) is 0 Å². The van der Waals surface area contributed by atoms with Gasteiger partial charge < -0.3 is 4.90 Å². The van der Waals surface area contributed by atoms with Crippen molar-refractivity contribution in [2.24, 2.45) is 0 Å². The smallest absolute Gasteiger partial charge is 0.0468 e. The molecular formula is C50H33NS2. The Balaban J connectivity index is 1.18. The highest BCUT2D eigenvalue weighted by molar-refractivity contribution is 7.26. The molecule has 0 amide bonds. The molecule has 0 atom stereocenters. The lowest BCUT2D eigenvalue weighted by Gasteiger charge is -2.26. The average molecular weight is 712 g/mol. The van der Waals surface area contributed by atoms with Crippen molar-refractivity contribution in [2.45, 2.75) is 0 Å². The quantitative estimate of drug-likeness (QED) is 0.149. The van der Waals surface area contributed by atoms with Gasteiger partial charge in [0.1, 0.15) is 0 Å². The Labute approximate surface area is 317 Å². The molecule has 0 saturated carbocycles. The van der Waals surface area contributed by atoms with E-state index < -0.39 is 0 Å². The molecule has 2 heterocycles. The highest BCUT2D eigenvalue weighted by Crippen LogP contribution is 2.45. The summed E-state index contributed by atoms with van der Waals surface area (Å²) < 4.78 is 5.18. The zero-order chi connectivity index (χ0) is 35.1. The summed E-state index contributed by atoms with van der Waals surface area (Å²) in [7, 11) is 0. The lowest BCUT2D eigenvalue weighted by Crippen LogP contribution is -2.09. The van der Waals surface area contributed by atoms with Gasteiger partial charge in [0.15, 0.2) is 0 Å². The van der Waals surface area contributed by atoms with Crippen LogP contribution in [0.3, 0.4) is 0 Å². The van der Waals surface area contributed by atoms with E-state index in [4.69, 9.17) is 0 Å². The van der Waals surface area contributed by atoms with Crippen LogP contribution in [-0.4, -0.2) is 0 Å². The van der Waals surface area contributed by atoms with Gasteiger partial charge in [-0.3, -0.25) is 0 Å². The Kier molecular flexibility index (Phi) is 7.94. The molecule has 3 heteroatoms. The highest BCUT2D eigenvalue weighted by atomic mass is 32.1. The predicted octanol–water partition coefficient (Wildman–Crippen LogP) is 15.1. The van der Waals surface area contributed by atoms with Gasteiger partial charge in [0, 0.05) is 57.4 Å². The first kappa shape index (κ1) is 31.5. The van der Waals surface area contributed by atoms with Crippen molar-refractivity contribution in [1.82, 2.24) is 0 Å². The molecule has 53 heavy (non-hydrogen) atoms. The van der Waals surface area contributed by atoms with E-state index in [9.17, 15) is 0 Å². The van der Waals surface area contributed by atoms with Crippen LogP contribution in [0.1, 0.15) is 16.7 Å². The van der Waals surface area contributed by atoms with Gasteiger partial charge in [-0.25, -0.2) is 0 Å². The summed E-state index contributed by atoms with van der Waals surface area (Å²) in [5.74, 6) is 0. The van der Waals surface area contributed by atoms with Gasteiger partial charge in [-0.15, -0.1) is 22.7 Å². The Hall–Kier alpha value is -6.26. The predicted molar refractivity (Wildman–Crippen MR) is 232 cm³/mol. The summed E-state index contributed by atoms with van der Waals surface area (Å²) in [6, 6.07) is 70.5. The van der Waals surface area contributed by atoms with Gasteiger partial charge in [0.2, 0.25) is 0 Å². The van der Waals surface area contributed by atoms with E-state index in [-0.39, 0.29) is 0 Å². The van der Waals surface area contributed by atoms with E-state index in [0.29, 0.717) is 0 Å². The van der Waals surface area contributed by atoms with Crippen LogP contribution in [0.2, 0.25) is 0 Å². The van der Waals surface area contributed by atoms with Crippen molar-refractivity contribution in [3.63, 3.8) is 0 Å². The molecule has 2 aromatic heterocycles. The summed E-state index contributed by atoms with van der Waals surface area (Å²) >= 11 is 3.72. The number of anilines is 3. The highest BCUT2D eigenvalue weighted by Gasteiger charge is 2.19. The minimum atomic E-state index is 1.12. The zero-order valence-electron chi connectivity index (χ0n) is 28.8. The fraction of sp³-hybridized carbons (Fsp3) is 0. The van der Waals surface area contributed by atoms with Crippen LogP contribution in [0, 0.1) is 0 Å². The second-order valence-corrected chi connectivity index (χ2v) is 15.5. The van der Waals surface area contributed by atoms with E-state index in [2.05, 4.69) is 205 Å². The molecule has 0 fully saturated rings. The van der Waals surface area contributed by atoms with E-state index in [1.165, 1.54) is 73.7 Å². The van der Waals surface area contributed by atoms with Crippen LogP contribution in [0.15, 0.2) is 194 Å². The summed E-state index contributed by atoms with van der Waals surface area (Å²) in [6.45, 7) is 0. The second-order valence-electron chi connectivity index (χ2n) is 13.3. The first-order valence-electron chi connectivity index (χ1n) is 17.9. The number of thiophene rings is 2. The monoisotopic (exact) mass is 711 g/mol. The number of hydrogen-bond donors (Lipinski definition) is 0. The number of nitrogens with zero attached hydrogens (tertiary/aromatic N) is 1. The molecule has 0 unspecified atom stereocenters. The topological polar surface area (TPSA) is 3.24 Å². The second kappa shape index (κ2) is 13.4. The molecule has 8 aromatic carbocycles. The molecule has 250 valence electrons. The maximum atomic E-state index is 2.42. The number of hydrogen-bond acceptors (Lipinski definition) is 3. The zero-order valence-corrected chi connectivity index (χ0v) is 30.4. The van der Waals surface area contributed by atoms with Crippen LogP contribution in [0.4, 0.5) is 17.1 Å². The molecule has 0 N–H and O–H groups in total. The molecule has 0 aliphatic rings. The molecule has 0 saturated heterocycles. The van der Waals surface area contributed by atoms with Crippen molar-refractivity contribution in [3.8, 4) is 11.1 Å². The number of rotatable bonds is 7. The lowest BCUT2D eigenvalue weighted by molar-refractivity contribution is 1.30. The molecule has 10 aromatic rings. The van der Waals surface area contributed by atoms with E-state index in [0.717, 1.165) is 17.1 Å². The van der Waals surface area contributed by atoms with Crippen LogP contribution < -0.4 is 4.90 Å². The van der Waals surface area contributed by atoms with Crippen molar-refractivity contribution in [3.05, 3.63) is 211 Å². The fourth-order valence-electron chi connectivity index (χ4n) is 7.56. The Bertz CT molecular complexity index is 2920. The third kappa shape index (κ3) is 5.81. The Morgan fingerprint density at radius 2 is 0.943 bits per heavy atom. The lowest BCUT2D eigenvalue weighted by atomic mass is 9.92. The summed E-state index contributed by atoms with van der Waals surface area (Å²) in [6.07, 6.45) is 2.33. The first-order chi connectivity index (χ1) is 26.3. The molecule has 0 radical (unpaired) electrons. The standard InChI is InChI=1S/C50H33NS2/c1-4-13-34(14-5-1)31-43(37-17-8-3-9-18-37)42-20-12-22-49-50(42)45-33-40(28-30-48(45)53-49)51(38-25-23-36(24-26-38)35-15-6-2-7-16-35)39-27-29-47-44(32-39)41-19-10-11-21-46(41)52-47/h1-33H/b43-31+. The molecule has 0 bridgehead atoms. The van der Waals surface area contributed by atoms with Crippen molar-refractivity contribution >= 4 is 91.7 Å². The Morgan fingerprint density at radius 1 is 0.396 bits per heavy atom. The first-order valence-corrected chi connectivity index (χ1v) is 19.5. The van der Waals surface area contributed by atoms with Gasteiger partial charge in [-0.1, -0.05) is 133 Å². The normalized spacial score (nSPS) is 11.9. The fourth-order valence-corrected chi connectivity index (χ4v) is 9.76. The van der Waals surface area contributed by atoms with Gasteiger partial charge >= 0.3 is 0 Å². The SMILES string of the molecule is C(=C(/c1ccccc1)c1cccc2sc3ccc(N(c4ccc(-c5ccccc5)cc4)c4ccc5sc6ccccc6c5c4)cc3c12)/c1ccccc1. The van der Waals surface area contributed by atoms with Gasteiger partial charge in [0.05, 0.1) is 0 Å². The van der Waals surface area contributed by atoms with E-state index in [1.54, 1.807) is 0 Å². The van der Waals surface area contributed by atoms with Crippen LogP contribution in [0.25, 0.3) is 63.1 Å². The average Bonchev–Trinajstić information content (AvgIpc) is 3.79. The maximum absolute atomic E-state index is 2.42. The van der Waals surface area contributed by atoms with Gasteiger partial charge in [-0.2, -0.15) is 0 Å². The van der Waals surface area contributed by atoms with Gasteiger partial charge in [0.25, 0.3) is 0 Å². The minimum Gasteiger partial charge on any atom is -0.310 e. The third-order valence-corrected chi connectivity index (χ3v) is 12.4. The van der Waals surface area contributed by atoms with E-state index >= 15 is 0 Å². The maximum Gasteiger partial charge on any atom is 0.0468 e. The summed E-state index contributed by atoms with van der Waals surface area (Å²) in [5, 5.41) is 5.15. The number of fused-ring (bicyclic) bond motifs is 6. The van der Waals surface area contributed by atoms with Crippen molar-refractivity contribution < 1.29 is 0 Å². The number of benzene rings is 8. The van der Waals surface area contributed by atoms with Gasteiger partial charge in [-0.05, 0) is 100 Å². The molecule has 0 aliphatic carbocycles. The van der Waals surface area contributed by atoms with Crippen LogP contribution >= 0.6 is 22.7 Å². The third-order valence-electron chi connectivity index (χ3n) is 10.1. The van der Waals surface area contributed by atoms with Crippen molar-refractivity contribution in [1.29, 1.82) is 0 Å². The summed E-state index contributed by atoms with van der Waals surface area (Å²) in [5.41, 5.74) is 10.7. The molecular weight excluding hydrogens is 679 g/mol. The summed E-state index contributed by atoms with van der Waals surface area (Å²) in [4.78, 5) is 2.42. The molecule has 0 spiro atoms. The molecule has 1 nitrogen and oxygen atoms in total. The minimum absolute atomic E-state index is 1.12. The Morgan fingerprint density at radius 3 is 1.70 bits per heavy atom. The molecule has 10 rings (SSSR count). The van der Waals surface area contributed by atoms with Crippen molar-refractivity contribution in [2.75, 3.05) is 4.90 Å². The van der Waals surface area contributed by atoms with Crippen LogP contribution in [0.5, 0.6) is 0 Å². The largest absolute Gasteiger partial charge is 0.310 e. The van der Waals surface area contributed by atoms with E-state index in [1.807, 2.05) is 22.7 Å². The molecule has 0 aliphatic heterocycles.